The van der Waals surface area contributed by atoms with Gasteiger partial charge in [-0.25, -0.2) is 0 Å². The minimum absolute atomic E-state index is 0.274. The molecular weight excluding hydrogens is 368 g/mol. The standard InChI is InChI=1S/C20H17ClN2O4/c1-25-16-10-15(17(26-2)9-14(16)21)22-20(24)18-13-8-7-11-5-3-4-6-12(11)19(13)27-23-18/h3-6,9-10H,7-8H2,1-2H3,(H,22,24). The molecule has 0 atom stereocenters. The zero-order valence-electron chi connectivity index (χ0n) is 14.8. The van der Waals surface area contributed by atoms with Gasteiger partial charge in [0.05, 0.1) is 24.9 Å². The Bertz CT molecular complexity index is 1030. The average molecular weight is 385 g/mol. The number of nitrogens with zero attached hydrogens (tertiary/aromatic N) is 1. The van der Waals surface area contributed by atoms with Crippen molar-refractivity contribution in [1.82, 2.24) is 5.16 Å². The molecule has 0 unspecified atom stereocenters. The van der Waals surface area contributed by atoms with Crippen LogP contribution in [-0.2, 0) is 12.8 Å². The molecule has 3 aromatic rings. The minimum Gasteiger partial charge on any atom is -0.495 e. The zero-order valence-corrected chi connectivity index (χ0v) is 15.6. The maximum absolute atomic E-state index is 12.8. The molecule has 1 aliphatic carbocycles. The summed E-state index contributed by atoms with van der Waals surface area (Å²) in [7, 11) is 3.01. The van der Waals surface area contributed by atoms with Crippen LogP contribution >= 0.6 is 11.6 Å². The van der Waals surface area contributed by atoms with Crippen LogP contribution in [0.4, 0.5) is 5.69 Å². The van der Waals surface area contributed by atoms with Gasteiger partial charge in [0.25, 0.3) is 5.91 Å². The first-order valence-electron chi connectivity index (χ1n) is 8.42. The van der Waals surface area contributed by atoms with Crippen molar-refractivity contribution in [2.45, 2.75) is 12.8 Å². The summed E-state index contributed by atoms with van der Waals surface area (Å²) in [4.78, 5) is 12.8. The first kappa shape index (κ1) is 17.4. The fourth-order valence-corrected chi connectivity index (χ4v) is 3.52. The van der Waals surface area contributed by atoms with E-state index in [1.807, 2.05) is 18.2 Å². The van der Waals surface area contributed by atoms with Crippen molar-refractivity contribution in [2.24, 2.45) is 0 Å². The summed E-state index contributed by atoms with van der Waals surface area (Å²) in [5, 5.41) is 7.23. The predicted octanol–water partition coefficient (Wildman–Crippen LogP) is 4.36. The lowest BCUT2D eigenvalue weighted by Gasteiger charge is -2.15. The topological polar surface area (TPSA) is 73.6 Å². The maximum atomic E-state index is 12.8. The SMILES string of the molecule is COc1cc(NC(=O)c2noc3c2CCc2ccccc2-3)c(OC)cc1Cl. The molecule has 0 radical (unpaired) electrons. The molecule has 0 spiro atoms. The summed E-state index contributed by atoms with van der Waals surface area (Å²) in [6.45, 7) is 0. The lowest BCUT2D eigenvalue weighted by Crippen LogP contribution is -2.16. The fourth-order valence-electron chi connectivity index (χ4n) is 3.29. The van der Waals surface area contributed by atoms with E-state index >= 15 is 0 Å². The van der Waals surface area contributed by atoms with Crippen molar-refractivity contribution in [1.29, 1.82) is 0 Å². The Kier molecular flexibility index (Phi) is 4.49. The third-order valence-electron chi connectivity index (χ3n) is 4.63. The summed E-state index contributed by atoms with van der Waals surface area (Å²) in [5.74, 6) is 1.14. The number of halogens is 1. The number of aromatic nitrogens is 1. The van der Waals surface area contributed by atoms with Gasteiger partial charge in [0.2, 0.25) is 0 Å². The minimum atomic E-state index is -0.373. The Balaban J connectivity index is 1.68. The number of aryl methyl sites for hydroxylation is 1. The Hall–Kier alpha value is -2.99. The van der Waals surface area contributed by atoms with Crippen LogP contribution in [0.1, 0.15) is 21.6 Å². The van der Waals surface area contributed by atoms with Gasteiger partial charge in [0.1, 0.15) is 11.5 Å². The molecule has 0 saturated carbocycles. The molecule has 1 aromatic heterocycles. The molecule has 0 saturated heterocycles. The number of ether oxygens (including phenoxy) is 2. The van der Waals surface area contributed by atoms with E-state index < -0.39 is 0 Å². The number of carbonyl (C=O) groups excluding carboxylic acids is 1. The average Bonchev–Trinajstić information content (AvgIpc) is 3.13. The second-order valence-electron chi connectivity index (χ2n) is 6.14. The van der Waals surface area contributed by atoms with Crippen LogP contribution in [0.25, 0.3) is 11.3 Å². The first-order chi connectivity index (χ1) is 13.1. The van der Waals surface area contributed by atoms with E-state index in [0.717, 1.165) is 17.5 Å². The van der Waals surface area contributed by atoms with E-state index in [1.54, 1.807) is 12.1 Å². The van der Waals surface area contributed by atoms with Gasteiger partial charge in [-0.05, 0) is 18.4 Å². The number of carbonyl (C=O) groups is 1. The largest absolute Gasteiger partial charge is 0.495 e. The fraction of sp³-hybridized carbons (Fsp3) is 0.200. The van der Waals surface area contributed by atoms with Crippen molar-refractivity contribution < 1.29 is 18.8 Å². The van der Waals surface area contributed by atoms with Gasteiger partial charge in [-0.3, -0.25) is 4.79 Å². The molecule has 6 nitrogen and oxygen atoms in total. The highest BCUT2D eigenvalue weighted by Gasteiger charge is 2.28. The maximum Gasteiger partial charge on any atom is 0.278 e. The van der Waals surface area contributed by atoms with Crippen molar-refractivity contribution in [2.75, 3.05) is 19.5 Å². The van der Waals surface area contributed by atoms with Gasteiger partial charge in [-0.15, -0.1) is 0 Å². The molecule has 0 bridgehead atoms. The molecular formula is C20H17ClN2O4. The lowest BCUT2D eigenvalue weighted by atomic mass is 9.89. The van der Waals surface area contributed by atoms with Crippen LogP contribution in [0.5, 0.6) is 11.5 Å². The van der Waals surface area contributed by atoms with Gasteiger partial charge < -0.3 is 19.3 Å². The molecule has 0 fully saturated rings. The van der Waals surface area contributed by atoms with Crippen LogP contribution in [0.15, 0.2) is 40.9 Å². The van der Waals surface area contributed by atoms with Crippen LogP contribution in [0.2, 0.25) is 5.02 Å². The highest BCUT2D eigenvalue weighted by Crippen LogP contribution is 2.38. The molecule has 1 heterocycles. The van der Waals surface area contributed by atoms with Crippen LogP contribution < -0.4 is 14.8 Å². The summed E-state index contributed by atoms with van der Waals surface area (Å²) >= 11 is 6.11. The van der Waals surface area contributed by atoms with E-state index in [2.05, 4.69) is 16.5 Å². The van der Waals surface area contributed by atoms with Crippen molar-refractivity contribution in [3.8, 4) is 22.8 Å². The quantitative estimate of drug-likeness (QED) is 0.723. The molecule has 1 aliphatic rings. The third-order valence-corrected chi connectivity index (χ3v) is 4.93. The third kappa shape index (κ3) is 3.02. The number of anilines is 1. The highest BCUT2D eigenvalue weighted by atomic mass is 35.5. The Morgan fingerprint density at radius 2 is 1.93 bits per heavy atom. The number of fused-ring (bicyclic) bond motifs is 3. The van der Waals surface area contributed by atoms with E-state index in [4.69, 9.17) is 25.6 Å². The predicted molar refractivity (Wildman–Crippen MR) is 102 cm³/mol. The number of nitrogens with one attached hydrogen (secondary N) is 1. The monoisotopic (exact) mass is 384 g/mol. The molecule has 1 N–H and O–H groups in total. The van der Waals surface area contributed by atoms with E-state index in [0.29, 0.717) is 34.4 Å². The van der Waals surface area contributed by atoms with Gasteiger partial charge >= 0.3 is 0 Å². The van der Waals surface area contributed by atoms with Crippen LogP contribution in [0, 0.1) is 0 Å². The summed E-state index contributed by atoms with van der Waals surface area (Å²) < 4.78 is 16.0. The van der Waals surface area contributed by atoms with E-state index in [-0.39, 0.29) is 11.6 Å². The van der Waals surface area contributed by atoms with Crippen molar-refractivity contribution in [3.63, 3.8) is 0 Å². The highest BCUT2D eigenvalue weighted by molar-refractivity contribution is 6.32. The summed E-state index contributed by atoms with van der Waals surface area (Å²) in [5.41, 5.74) is 3.70. The smallest absolute Gasteiger partial charge is 0.278 e. The number of hydrogen-bond donors (Lipinski definition) is 1. The summed E-state index contributed by atoms with van der Waals surface area (Å²) in [6.07, 6.45) is 1.53. The molecule has 7 heteroatoms. The van der Waals surface area contributed by atoms with Gasteiger partial charge in [-0.2, -0.15) is 0 Å². The van der Waals surface area contributed by atoms with E-state index in [9.17, 15) is 4.79 Å². The molecule has 0 aliphatic heterocycles. The number of hydrogen-bond acceptors (Lipinski definition) is 5. The Morgan fingerprint density at radius 3 is 2.70 bits per heavy atom. The van der Waals surface area contributed by atoms with Crippen LogP contribution in [0.3, 0.4) is 0 Å². The zero-order chi connectivity index (χ0) is 19.0. The summed E-state index contributed by atoms with van der Waals surface area (Å²) in [6, 6.07) is 11.2. The molecule has 2 aromatic carbocycles. The molecule has 1 amide bonds. The number of amides is 1. The van der Waals surface area contributed by atoms with Crippen LogP contribution in [-0.4, -0.2) is 25.3 Å². The molecule has 138 valence electrons. The number of benzene rings is 2. The Morgan fingerprint density at radius 1 is 1.15 bits per heavy atom. The van der Waals surface area contributed by atoms with Crippen molar-refractivity contribution >= 4 is 23.2 Å². The van der Waals surface area contributed by atoms with Gasteiger partial charge in [-0.1, -0.05) is 41.0 Å². The number of rotatable bonds is 4. The molecule has 4 rings (SSSR count). The lowest BCUT2D eigenvalue weighted by molar-refractivity contribution is 0.101. The van der Waals surface area contributed by atoms with Crippen molar-refractivity contribution in [3.05, 3.63) is 58.2 Å². The number of methoxy groups -OCH3 is 2. The van der Waals surface area contributed by atoms with Gasteiger partial charge in [0, 0.05) is 23.3 Å². The second-order valence-corrected chi connectivity index (χ2v) is 6.54. The normalized spacial score (nSPS) is 12.1. The second kappa shape index (κ2) is 6.96. The Labute approximate surface area is 161 Å². The first-order valence-corrected chi connectivity index (χ1v) is 8.80. The van der Waals surface area contributed by atoms with E-state index in [1.165, 1.54) is 19.8 Å². The van der Waals surface area contributed by atoms with Gasteiger partial charge in [0.15, 0.2) is 11.5 Å². The molecule has 27 heavy (non-hydrogen) atoms.